The molecule has 7 heteroatoms. The molecule has 0 saturated carbocycles. The summed E-state index contributed by atoms with van der Waals surface area (Å²) in [6.45, 7) is 0.319. The van der Waals surface area contributed by atoms with Gasteiger partial charge in [0, 0.05) is 17.1 Å². The fraction of sp³-hybridized carbons (Fsp3) is 0.125. The zero-order valence-electron chi connectivity index (χ0n) is 16.7. The number of hydrogen-bond acceptors (Lipinski definition) is 5. The van der Waals surface area contributed by atoms with E-state index < -0.39 is 0 Å². The van der Waals surface area contributed by atoms with Crippen LogP contribution in [-0.4, -0.2) is 21.1 Å². The van der Waals surface area contributed by atoms with Crippen molar-refractivity contribution in [2.45, 2.75) is 19.4 Å². The predicted octanol–water partition coefficient (Wildman–Crippen LogP) is 3.21. The molecular formula is C24H20N3O3S+. The molecule has 31 heavy (non-hydrogen) atoms. The summed E-state index contributed by atoms with van der Waals surface area (Å²) in [5, 5.41) is 2.05. The summed E-state index contributed by atoms with van der Waals surface area (Å²) in [5.74, 6) is -0.549. The number of aromatic nitrogens is 3. The number of Topliss-reactive ketones (excluding diaryl/α,β-unsaturated/α-hetero) is 2. The second-order valence-electron chi connectivity index (χ2n) is 7.16. The van der Waals surface area contributed by atoms with Crippen LogP contribution in [0.1, 0.15) is 43.3 Å². The van der Waals surface area contributed by atoms with Crippen molar-refractivity contribution in [3.05, 3.63) is 116 Å². The average Bonchev–Trinajstić information content (AvgIpc) is 3.31. The van der Waals surface area contributed by atoms with Crippen LogP contribution in [0.15, 0.2) is 83.5 Å². The molecule has 0 radical (unpaired) electrons. The maximum Gasteiger partial charge on any atom is 0.337 e. The Balaban J connectivity index is 1.65. The number of carbonyl (C=O) groups is 2. The fourth-order valence-electron chi connectivity index (χ4n) is 3.37. The largest absolute Gasteiger partial charge is 0.337 e. The Labute approximate surface area is 182 Å². The Kier molecular flexibility index (Phi) is 6.24. The molecule has 0 aliphatic carbocycles. The minimum Gasteiger partial charge on any atom is -0.294 e. The highest BCUT2D eigenvalue weighted by Crippen LogP contribution is 2.18. The summed E-state index contributed by atoms with van der Waals surface area (Å²) < 4.78 is 1.54. The van der Waals surface area contributed by atoms with Crippen LogP contribution in [0.4, 0.5) is 0 Å². The van der Waals surface area contributed by atoms with E-state index in [2.05, 4.69) is 9.97 Å². The van der Waals surface area contributed by atoms with Crippen LogP contribution >= 0.6 is 11.3 Å². The van der Waals surface area contributed by atoms with Gasteiger partial charge in [0.05, 0.1) is 18.7 Å². The molecular weight excluding hydrogens is 410 g/mol. The number of nitrogens with one attached hydrogen (secondary N) is 1. The minimum atomic E-state index is -0.288. The van der Waals surface area contributed by atoms with Gasteiger partial charge in [-0.3, -0.25) is 14.6 Å². The molecule has 0 bridgehead atoms. The molecule has 2 aromatic carbocycles. The van der Waals surface area contributed by atoms with Crippen LogP contribution in [0, 0.1) is 0 Å². The van der Waals surface area contributed by atoms with E-state index in [0.29, 0.717) is 23.5 Å². The van der Waals surface area contributed by atoms with Crippen molar-refractivity contribution in [1.82, 2.24) is 9.55 Å². The van der Waals surface area contributed by atoms with Crippen molar-refractivity contribution in [3.63, 3.8) is 0 Å². The fourth-order valence-corrected chi connectivity index (χ4v) is 3.94. The molecule has 0 atom stereocenters. The third kappa shape index (κ3) is 5.26. The highest BCUT2D eigenvalue weighted by molar-refractivity contribution is 7.11. The third-order valence-corrected chi connectivity index (χ3v) is 5.62. The van der Waals surface area contributed by atoms with Gasteiger partial charge in [0.1, 0.15) is 6.54 Å². The number of carbonyl (C=O) groups excluding carboxylic acids is 2. The molecule has 2 aromatic heterocycles. The lowest BCUT2D eigenvalue weighted by Crippen LogP contribution is -2.24. The summed E-state index contributed by atoms with van der Waals surface area (Å²) in [4.78, 5) is 44.3. The lowest BCUT2D eigenvalue weighted by atomic mass is 9.96. The molecule has 0 aliphatic rings. The topological polar surface area (TPSA) is 83.2 Å². The Hall–Kier alpha value is -3.71. The number of thiazole rings is 1. The zero-order chi connectivity index (χ0) is 21.6. The number of ketones is 2. The van der Waals surface area contributed by atoms with Gasteiger partial charge in [0.25, 0.3) is 0 Å². The minimum absolute atomic E-state index is 0.140. The molecule has 0 spiro atoms. The molecule has 4 aromatic rings. The first kappa shape index (κ1) is 20.6. The van der Waals surface area contributed by atoms with Crippen LogP contribution in [-0.2, 0) is 13.0 Å². The number of rotatable bonds is 8. The molecule has 0 amide bonds. The normalized spacial score (nSPS) is 10.7. The maximum atomic E-state index is 12.9. The molecule has 154 valence electrons. The van der Waals surface area contributed by atoms with Crippen LogP contribution in [0.25, 0.3) is 0 Å². The van der Waals surface area contributed by atoms with Gasteiger partial charge in [-0.2, -0.15) is 4.57 Å². The Bertz CT molecular complexity index is 1260. The van der Waals surface area contributed by atoms with Crippen molar-refractivity contribution in [2.75, 3.05) is 0 Å². The van der Waals surface area contributed by atoms with Gasteiger partial charge in [-0.1, -0.05) is 36.4 Å². The molecule has 1 N–H and O–H groups in total. The summed E-state index contributed by atoms with van der Waals surface area (Å²) in [5.41, 5.74) is 3.20. The zero-order valence-corrected chi connectivity index (χ0v) is 17.5. The average molecular weight is 431 g/mol. The van der Waals surface area contributed by atoms with Crippen molar-refractivity contribution in [3.8, 4) is 0 Å². The van der Waals surface area contributed by atoms with Gasteiger partial charge in [0.2, 0.25) is 6.33 Å². The number of benzene rings is 2. The van der Waals surface area contributed by atoms with E-state index in [1.807, 2.05) is 42.5 Å². The second kappa shape index (κ2) is 9.40. The Morgan fingerprint density at radius 2 is 1.77 bits per heavy atom. The number of hydrogen-bond donors (Lipinski definition) is 0. The summed E-state index contributed by atoms with van der Waals surface area (Å²) in [6, 6.07) is 17.0. The number of nitrogens with zero attached hydrogens (tertiary/aromatic N) is 2. The van der Waals surface area contributed by atoms with Gasteiger partial charge in [-0.05, 0) is 35.2 Å². The van der Waals surface area contributed by atoms with Gasteiger partial charge in [-0.25, -0.2) is 9.78 Å². The van der Waals surface area contributed by atoms with E-state index >= 15 is 0 Å². The molecule has 2 heterocycles. The monoisotopic (exact) mass is 430 g/mol. The third-order valence-electron chi connectivity index (χ3n) is 4.81. The summed E-state index contributed by atoms with van der Waals surface area (Å²) in [7, 11) is 0. The standard InChI is InChI=1S/C24H19N3O3S/c28-21(14-22(29)24-26-8-9-31-24)20-12-18(10-17-4-2-1-3-5-17)11-19(13-20)15-27-16-25-7-6-23(27)30/h1-9,11-13,16H,10,14-15H2/p+1. The first-order valence-electron chi connectivity index (χ1n) is 9.78. The van der Waals surface area contributed by atoms with Crippen LogP contribution in [0.5, 0.6) is 0 Å². The van der Waals surface area contributed by atoms with E-state index in [1.54, 1.807) is 30.2 Å². The molecule has 0 saturated heterocycles. The van der Waals surface area contributed by atoms with E-state index in [0.717, 1.165) is 16.7 Å². The molecule has 0 fully saturated rings. The van der Waals surface area contributed by atoms with E-state index in [4.69, 9.17) is 0 Å². The quantitative estimate of drug-likeness (QED) is 0.317. The smallest absolute Gasteiger partial charge is 0.294 e. The Morgan fingerprint density at radius 3 is 2.52 bits per heavy atom. The SMILES string of the molecule is O=C(CC(=O)c1nccs1)c1cc(Cc2ccccc2)cc(Cn2c[nH+]ccc2=O)c1. The van der Waals surface area contributed by atoms with Gasteiger partial charge in [-0.15, -0.1) is 11.3 Å². The first-order chi connectivity index (χ1) is 15.1. The Morgan fingerprint density at radius 1 is 0.968 bits per heavy atom. The second-order valence-corrected chi connectivity index (χ2v) is 8.05. The van der Waals surface area contributed by atoms with E-state index in [1.165, 1.54) is 22.0 Å². The van der Waals surface area contributed by atoms with Crippen molar-refractivity contribution in [1.29, 1.82) is 0 Å². The van der Waals surface area contributed by atoms with Crippen molar-refractivity contribution < 1.29 is 14.6 Å². The van der Waals surface area contributed by atoms with Crippen LogP contribution in [0.2, 0.25) is 0 Å². The summed E-state index contributed by atoms with van der Waals surface area (Å²) >= 11 is 1.23. The highest BCUT2D eigenvalue weighted by atomic mass is 32.1. The molecule has 6 nitrogen and oxygen atoms in total. The highest BCUT2D eigenvalue weighted by Gasteiger charge is 2.17. The molecule has 0 unspecified atom stereocenters. The van der Waals surface area contributed by atoms with E-state index in [9.17, 15) is 14.4 Å². The van der Waals surface area contributed by atoms with Gasteiger partial charge >= 0.3 is 5.56 Å². The van der Waals surface area contributed by atoms with Gasteiger partial charge in [0.15, 0.2) is 16.6 Å². The lowest BCUT2D eigenvalue weighted by molar-refractivity contribution is -0.386. The number of H-pyrrole nitrogens is 1. The van der Waals surface area contributed by atoms with Crippen LogP contribution < -0.4 is 10.5 Å². The first-order valence-corrected chi connectivity index (χ1v) is 10.7. The van der Waals surface area contributed by atoms with Crippen LogP contribution in [0.3, 0.4) is 0 Å². The van der Waals surface area contributed by atoms with Crippen molar-refractivity contribution in [2.24, 2.45) is 0 Å². The van der Waals surface area contributed by atoms with E-state index in [-0.39, 0.29) is 23.5 Å². The lowest BCUT2D eigenvalue weighted by Gasteiger charge is -2.09. The maximum absolute atomic E-state index is 12.9. The molecule has 0 aliphatic heterocycles. The summed E-state index contributed by atoms with van der Waals surface area (Å²) in [6.07, 6.45) is 5.13. The predicted molar refractivity (Wildman–Crippen MR) is 117 cm³/mol. The molecule has 4 rings (SSSR count). The van der Waals surface area contributed by atoms with Gasteiger partial charge < -0.3 is 0 Å². The number of aromatic amines is 1. The van der Waals surface area contributed by atoms with Crippen molar-refractivity contribution >= 4 is 22.9 Å².